The molecule has 0 atom stereocenters. The first-order chi connectivity index (χ1) is 19.0. The van der Waals surface area contributed by atoms with Crippen LogP contribution >= 0.6 is 0 Å². The van der Waals surface area contributed by atoms with E-state index in [4.69, 9.17) is 10.1 Å². The number of aliphatic hydroxyl groups excluding tert-OH is 1. The fourth-order valence-electron chi connectivity index (χ4n) is 4.53. The first kappa shape index (κ1) is 27.6. The maximum absolute atomic E-state index is 12.3. The lowest BCUT2D eigenvalue weighted by atomic mass is 10.1. The predicted octanol–water partition coefficient (Wildman–Crippen LogP) is 1.35. The average molecular weight is 532 g/mol. The Kier molecular flexibility index (Phi) is 9.08. The van der Waals surface area contributed by atoms with Gasteiger partial charge in [0.1, 0.15) is 17.9 Å². The number of aromatic nitrogens is 2. The lowest BCUT2D eigenvalue weighted by molar-refractivity contribution is -0.112. The van der Waals surface area contributed by atoms with Crippen LogP contribution < -0.4 is 31.0 Å². The minimum Gasteiger partial charge on any atom is -0.494 e. The second-order valence-electron chi connectivity index (χ2n) is 8.95. The number of nitrogens with one attached hydrogen (secondary N) is 3. The molecule has 11 nitrogen and oxygen atoms in total. The van der Waals surface area contributed by atoms with E-state index in [-0.39, 0.29) is 12.5 Å². The van der Waals surface area contributed by atoms with Crippen LogP contribution in [0.4, 0.5) is 28.6 Å². The van der Waals surface area contributed by atoms with Crippen molar-refractivity contribution in [3.63, 3.8) is 0 Å². The Morgan fingerprint density at radius 2 is 1.92 bits per heavy atom. The molecule has 1 fully saturated rings. The summed E-state index contributed by atoms with van der Waals surface area (Å²) < 4.78 is 5.73. The van der Waals surface area contributed by atoms with E-state index >= 15 is 0 Å². The molecule has 1 amide bonds. The van der Waals surface area contributed by atoms with E-state index in [1.54, 1.807) is 13.3 Å². The summed E-state index contributed by atoms with van der Waals surface area (Å²) in [4.78, 5) is 25.6. The van der Waals surface area contributed by atoms with Crippen LogP contribution in [0.5, 0.6) is 5.75 Å². The zero-order valence-electron chi connectivity index (χ0n) is 22.3. The molecule has 0 unspecified atom stereocenters. The SMILES string of the molecule is C=CC(=O)Nc1cc(Nc2cc(-c3ccc(C=[NH2+])c(NC)c3)ncn2)c(OC)cc1N1CCN(CCO)CC1. The molecule has 3 aromatic rings. The average Bonchev–Trinajstić information content (AvgIpc) is 2.97. The van der Waals surface area contributed by atoms with Crippen LogP contribution in [-0.4, -0.2) is 85.6 Å². The van der Waals surface area contributed by atoms with Crippen LogP contribution in [0.25, 0.3) is 11.3 Å². The highest BCUT2D eigenvalue weighted by Crippen LogP contribution is 2.39. The van der Waals surface area contributed by atoms with Crippen LogP contribution in [0.2, 0.25) is 0 Å². The monoisotopic (exact) mass is 531 g/mol. The number of carbonyl (C=O) groups is 1. The van der Waals surface area contributed by atoms with E-state index in [1.807, 2.05) is 43.4 Å². The van der Waals surface area contributed by atoms with Gasteiger partial charge in [0, 0.05) is 63.2 Å². The van der Waals surface area contributed by atoms with Gasteiger partial charge in [-0.05, 0) is 24.3 Å². The zero-order chi connectivity index (χ0) is 27.8. The molecular formula is C28H35N8O3+. The summed E-state index contributed by atoms with van der Waals surface area (Å²) in [6, 6.07) is 11.4. The number of rotatable bonds is 11. The standard InChI is InChI=1S/C28H34N8O3/c1-4-28(38)34-23-14-24(26(39-3)16-25(23)36-9-7-35(8-10-36)11-12-37)33-27-15-22(31-18-32-27)19-5-6-20(17-29)21(13-19)30-2/h4-6,13-18,29-30,37H,1,7-12H2,2-3H3,(H,34,38)(H,31,32,33)/p+1. The van der Waals surface area contributed by atoms with Crippen molar-refractivity contribution in [3.8, 4) is 17.0 Å². The van der Waals surface area contributed by atoms with Crippen molar-refractivity contribution in [2.24, 2.45) is 0 Å². The summed E-state index contributed by atoms with van der Waals surface area (Å²) in [5.41, 5.74) is 5.51. The number of methoxy groups -OCH3 is 1. The molecule has 1 aliphatic rings. The fourth-order valence-corrected chi connectivity index (χ4v) is 4.53. The minimum absolute atomic E-state index is 0.133. The third kappa shape index (κ3) is 6.51. The number of hydrogen-bond donors (Lipinski definition) is 5. The number of hydrogen-bond acceptors (Lipinski definition) is 9. The van der Waals surface area contributed by atoms with Gasteiger partial charge in [0.05, 0.1) is 42.0 Å². The number of β-amino-alcohol motifs (C(OH)–C–C–N with tert-alkyl or cyclic N) is 1. The molecule has 0 spiro atoms. The second kappa shape index (κ2) is 12.9. The van der Waals surface area contributed by atoms with E-state index in [0.717, 1.165) is 54.4 Å². The molecule has 0 bridgehead atoms. The highest BCUT2D eigenvalue weighted by molar-refractivity contribution is 6.02. The maximum Gasteiger partial charge on any atom is 0.247 e. The predicted molar refractivity (Wildman–Crippen MR) is 155 cm³/mol. The molecule has 1 saturated heterocycles. The quantitative estimate of drug-likeness (QED) is 0.183. The Balaban J connectivity index is 1.65. The van der Waals surface area contributed by atoms with E-state index in [1.165, 1.54) is 12.4 Å². The van der Waals surface area contributed by atoms with Crippen molar-refractivity contribution in [3.05, 3.63) is 60.9 Å². The molecule has 0 radical (unpaired) electrons. The Hall–Kier alpha value is -4.48. The normalized spacial score (nSPS) is 13.5. The number of nitrogens with two attached hydrogens (primary N) is 1. The van der Waals surface area contributed by atoms with Gasteiger partial charge in [-0.25, -0.2) is 9.97 Å². The van der Waals surface area contributed by atoms with Gasteiger partial charge < -0.3 is 30.7 Å². The van der Waals surface area contributed by atoms with Crippen molar-refractivity contribution >= 4 is 40.7 Å². The lowest BCUT2D eigenvalue weighted by Gasteiger charge is -2.37. The number of anilines is 5. The van der Waals surface area contributed by atoms with Gasteiger partial charge in [-0.1, -0.05) is 12.6 Å². The zero-order valence-corrected chi connectivity index (χ0v) is 22.3. The van der Waals surface area contributed by atoms with Crippen LogP contribution in [0.1, 0.15) is 5.56 Å². The van der Waals surface area contributed by atoms with Gasteiger partial charge in [-0.2, -0.15) is 0 Å². The number of carbonyl (C=O) groups excluding carboxylic acids is 1. The molecule has 39 heavy (non-hydrogen) atoms. The fraction of sp³-hybridized carbons (Fsp3) is 0.286. The Bertz CT molecular complexity index is 1340. The summed E-state index contributed by atoms with van der Waals surface area (Å²) in [6.45, 7) is 7.47. The summed E-state index contributed by atoms with van der Waals surface area (Å²) >= 11 is 0. The van der Waals surface area contributed by atoms with Gasteiger partial charge in [-0.3, -0.25) is 15.1 Å². The van der Waals surface area contributed by atoms with Crippen molar-refractivity contribution in [2.75, 3.05) is 74.3 Å². The topological polar surface area (TPSA) is 140 Å². The number of amides is 1. The van der Waals surface area contributed by atoms with E-state index < -0.39 is 0 Å². The van der Waals surface area contributed by atoms with Gasteiger partial charge in [0.15, 0.2) is 6.21 Å². The Morgan fingerprint density at radius 1 is 1.13 bits per heavy atom. The molecule has 6 N–H and O–H groups in total. The molecule has 0 aliphatic carbocycles. The molecule has 1 aromatic heterocycles. The van der Waals surface area contributed by atoms with Crippen molar-refractivity contribution in [2.45, 2.75) is 0 Å². The maximum atomic E-state index is 12.3. The molecule has 1 aliphatic heterocycles. The van der Waals surface area contributed by atoms with Crippen LogP contribution in [0.15, 0.2) is 55.4 Å². The Morgan fingerprint density at radius 3 is 2.59 bits per heavy atom. The summed E-state index contributed by atoms with van der Waals surface area (Å²) in [5.74, 6) is 0.846. The van der Waals surface area contributed by atoms with E-state index in [2.05, 4.69) is 42.3 Å². The number of benzene rings is 2. The van der Waals surface area contributed by atoms with Gasteiger partial charge in [-0.15, -0.1) is 0 Å². The third-order valence-corrected chi connectivity index (χ3v) is 6.62. The van der Waals surface area contributed by atoms with Crippen LogP contribution in [0, 0.1) is 0 Å². The van der Waals surface area contributed by atoms with E-state index in [9.17, 15) is 9.90 Å². The minimum atomic E-state index is -0.311. The highest BCUT2D eigenvalue weighted by atomic mass is 16.5. The van der Waals surface area contributed by atoms with Crippen molar-refractivity contribution < 1.29 is 20.0 Å². The third-order valence-electron chi connectivity index (χ3n) is 6.62. The molecule has 0 saturated carbocycles. The molecule has 2 aromatic carbocycles. The van der Waals surface area contributed by atoms with Gasteiger partial charge in [0.2, 0.25) is 5.91 Å². The van der Waals surface area contributed by atoms with E-state index in [0.29, 0.717) is 29.5 Å². The summed E-state index contributed by atoms with van der Waals surface area (Å²) in [7, 11) is 3.44. The molecule has 204 valence electrons. The number of ether oxygens (including phenoxy) is 1. The first-order valence-corrected chi connectivity index (χ1v) is 12.7. The van der Waals surface area contributed by atoms with Crippen molar-refractivity contribution in [1.29, 1.82) is 0 Å². The molecule has 4 rings (SSSR count). The van der Waals surface area contributed by atoms with Crippen LogP contribution in [-0.2, 0) is 4.79 Å². The molecular weight excluding hydrogens is 496 g/mol. The van der Waals surface area contributed by atoms with Gasteiger partial charge >= 0.3 is 0 Å². The summed E-state index contributed by atoms with van der Waals surface area (Å²) in [5, 5.41) is 24.4. The highest BCUT2D eigenvalue weighted by Gasteiger charge is 2.22. The van der Waals surface area contributed by atoms with Gasteiger partial charge in [0.25, 0.3) is 0 Å². The number of piperazine rings is 1. The smallest absolute Gasteiger partial charge is 0.247 e. The number of nitrogens with zero attached hydrogens (tertiary/aromatic N) is 4. The molecule has 11 heteroatoms. The second-order valence-corrected chi connectivity index (χ2v) is 8.95. The largest absolute Gasteiger partial charge is 0.494 e. The van der Waals surface area contributed by atoms with Crippen molar-refractivity contribution in [1.82, 2.24) is 14.9 Å². The lowest BCUT2D eigenvalue weighted by Crippen LogP contribution is -2.47. The molecule has 2 heterocycles. The number of aliphatic hydroxyl groups is 1. The van der Waals surface area contributed by atoms with Crippen LogP contribution in [0.3, 0.4) is 0 Å². The first-order valence-electron chi connectivity index (χ1n) is 12.7. The summed E-state index contributed by atoms with van der Waals surface area (Å²) in [6.07, 6.45) is 4.28. The Labute approximate surface area is 228 Å².